The van der Waals surface area contributed by atoms with Gasteiger partial charge in [0.1, 0.15) is 6.54 Å². The van der Waals surface area contributed by atoms with Crippen molar-refractivity contribution in [3.05, 3.63) is 90.5 Å². The van der Waals surface area contributed by atoms with Gasteiger partial charge in [0, 0.05) is 18.0 Å². The van der Waals surface area contributed by atoms with Crippen LogP contribution in [0.1, 0.15) is 32.3 Å². The second kappa shape index (κ2) is 13.1. The molecule has 1 unspecified atom stereocenters. The van der Waals surface area contributed by atoms with Gasteiger partial charge in [0.05, 0.1) is 23.6 Å². The zero-order valence-corrected chi connectivity index (χ0v) is 22.2. The Labute approximate surface area is 222 Å². The highest BCUT2D eigenvalue weighted by molar-refractivity contribution is 7.99. The third kappa shape index (κ3) is 7.23. The number of hydrogen-bond acceptors (Lipinski definition) is 5. The number of imidazole rings is 1. The number of nitrogens with zero attached hydrogens (tertiary/aromatic N) is 3. The SMILES string of the molecule is CCC(C)OC(=O)Cn1c(SCCCN(C(=O)Cc2ccccc2)c2ccccc2)nc2ccccc21. The molecular formula is C30H33N3O3S. The average molecular weight is 516 g/mol. The Morgan fingerprint density at radius 3 is 2.38 bits per heavy atom. The van der Waals surface area contributed by atoms with E-state index in [2.05, 4.69) is 0 Å². The van der Waals surface area contributed by atoms with Crippen LogP contribution in [0.3, 0.4) is 0 Å². The van der Waals surface area contributed by atoms with E-state index in [4.69, 9.17) is 9.72 Å². The van der Waals surface area contributed by atoms with Crippen molar-refractivity contribution in [1.82, 2.24) is 9.55 Å². The molecule has 3 aromatic carbocycles. The van der Waals surface area contributed by atoms with E-state index in [0.717, 1.165) is 46.0 Å². The van der Waals surface area contributed by atoms with Crippen LogP contribution >= 0.6 is 11.8 Å². The van der Waals surface area contributed by atoms with Crippen molar-refractivity contribution in [2.24, 2.45) is 0 Å². The molecule has 1 atom stereocenters. The maximum atomic E-state index is 13.2. The number of para-hydroxylation sites is 3. The Hall–Kier alpha value is -3.58. The monoisotopic (exact) mass is 515 g/mol. The molecule has 37 heavy (non-hydrogen) atoms. The molecule has 0 aliphatic carbocycles. The van der Waals surface area contributed by atoms with Crippen molar-refractivity contribution in [3.8, 4) is 0 Å². The zero-order chi connectivity index (χ0) is 26.0. The van der Waals surface area contributed by atoms with Crippen LogP contribution in [0.4, 0.5) is 5.69 Å². The Morgan fingerprint density at radius 2 is 1.65 bits per heavy atom. The van der Waals surface area contributed by atoms with Gasteiger partial charge in [-0.15, -0.1) is 0 Å². The largest absolute Gasteiger partial charge is 0.461 e. The molecule has 4 rings (SSSR count). The van der Waals surface area contributed by atoms with Gasteiger partial charge in [-0.2, -0.15) is 0 Å². The fourth-order valence-electron chi connectivity index (χ4n) is 4.05. The summed E-state index contributed by atoms with van der Waals surface area (Å²) in [7, 11) is 0. The van der Waals surface area contributed by atoms with E-state index in [-0.39, 0.29) is 24.5 Å². The molecule has 0 saturated heterocycles. The number of ether oxygens (including phenoxy) is 1. The quantitative estimate of drug-likeness (QED) is 0.129. The summed E-state index contributed by atoms with van der Waals surface area (Å²) in [4.78, 5) is 32.4. The van der Waals surface area contributed by atoms with Gasteiger partial charge in [0.2, 0.25) is 5.91 Å². The molecule has 1 aromatic heterocycles. The van der Waals surface area contributed by atoms with Crippen molar-refractivity contribution in [3.63, 3.8) is 0 Å². The maximum Gasteiger partial charge on any atom is 0.326 e. The van der Waals surface area contributed by atoms with Crippen LogP contribution in [0.15, 0.2) is 90.1 Å². The van der Waals surface area contributed by atoms with E-state index >= 15 is 0 Å². The molecule has 4 aromatic rings. The van der Waals surface area contributed by atoms with E-state index in [1.54, 1.807) is 11.8 Å². The summed E-state index contributed by atoms with van der Waals surface area (Å²) in [6.45, 7) is 4.62. The van der Waals surface area contributed by atoms with Crippen LogP contribution in [0.25, 0.3) is 11.0 Å². The fourth-order valence-corrected chi connectivity index (χ4v) is 4.99. The fraction of sp³-hybridized carbons (Fsp3) is 0.300. The number of rotatable bonds is 12. The molecule has 0 fully saturated rings. The van der Waals surface area contributed by atoms with Gasteiger partial charge in [0.15, 0.2) is 5.16 Å². The summed E-state index contributed by atoms with van der Waals surface area (Å²) in [5.74, 6) is 0.564. The Bertz CT molecular complexity index is 1310. The van der Waals surface area contributed by atoms with Gasteiger partial charge < -0.3 is 14.2 Å². The number of benzene rings is 3. The highest BCUT2D eigenvalue weighted by atomic mass is 32.2. The lowest BCUT2D eigenvalue weighted by atomic mass is 10.1. The number of carbonyl (C=O) groups excluding carboxylic acids is 2. The number of esters is 1. The summed E-state index contributed by atoms with van der Waals surface area (Å²) >= 11 is 1.60. The second-order valence-corrected chi connectivity index (χ2v) is 9.99. The van der Waals surface area contributed by atoms with Crippen LogP contribution < -0.4 is 4.90 Å². The molecule has 6 nitrogen and oxygen atoms in total. The highest BCUT2D eigenvalue weighted by Gasteiger charge is 2.18. The van der Waals surface area contributed by atoms with E-state index in [9.17, 15) is 9.59 Å². The van der Waals surface area contributed by atoms with Crippen molar-refractivity contribution in [2.75, 3.05) is 17.2 Å². The van der Waals surface area contributed by atoms with Crippen LogP contribution in [0.5, 0.6) is 0 Å². The van der Waals surface area contributed by atoms with E-state index in [1.165, 1.54) is 0 Å². The molecule has 0 spiro atoms. The molecule has 0 saturated carbocycles. The predicted molar refractivity (Wildman–Crippen MR) is 150 cm³/mol. The molecular weight excluding hydrogens is 482 g/mol. The molecule has 1 heterocycles. The van der Waals surface area contributed by atoms with Gasteiger partial charge in [-0.05, 0) is 49.6 Å². The highest BCUT2D eigenvalue weighted by Crippen LogP contribution is 2.25. The van der Waals surface area contributed by atoms with E-state index in [1.807, 2.05) is 108 Å². The van der Waals surface area contributed by atoms with Crippen molar-refractivity contribution in [2.45, 2.75) is 50.9 Å². The number of fused-ring (bicyclic) bond motifs is 1. The number of carbonyl (C=O) groups is 2. The lowest BCUT2D eigenvalue weighted by molar-refractivity contribution is -0.149. The number of aromatic nitrogens is 2. The van der Waals surface area contributed by atoms with Crippen LogP contribution in [-0.4, -0.2) is 39.8 Å². The molecule has 0 aliphatic rings. The lowest BCUT2D eigenvalue weighted by Crippen LogP contribution is -2.33. The first-order valence-electron chi connectivity index (χ1n) is 12.7. The summed E-state index contributed by atoms with van der Waals surface area (Å²) in [6.07, 6.45) is 1.80. The summed E-state index contributed by atoms with van der Waals surface area (Å²) in [5, 5.41) is 0.782. The van der Waals surface area contributed by atoms with Crippen LogP contribution in [0, 0.1) is 0 Å². The molecule has 192 valence electrons. The van der Waals surface area contributed by atoms with Crippen molar-refractivity contribution < 1.29 is 14.3 Å². The normalized spacial score (nSPS) is 11.8. The van der Waals surface area contributed by atoms with Gasteiger partial charge in [-0.25, -0.2) is 4.98 Å². The number of amides is 1. The predicted octanol–water partition coefficient (Wildman–Crippen LogP) is 6.14. The first kappa shape index (κ1) is 26.5. The van der Waals surface area contributed by atoms with Crippen molar-refractivity contribution in [1.29, 1.82) is 0 Å². The minimum absolute atomic E-state index is 0.0717. The maximum absolute atomic E-state index is 13.2. The molecule has 0 bridgehead atoms. The summed E-state index contributed by atoms with van der Waals surface area (Å²) in [5.41, 5.74) is 3.66. The average Bonchev–Trinajstić information content (AvgIpc) is 3.26. The molecule has 1 amide bonds. The molecule has 0 radical (unpaired) electrons. The van der Waals surface area contributed by atoms with E-state index in [0.29, 0.717) is 13.0 Å². The van der Waals surface area contributed by atoms with Gasteiger partial charge in [-0.3, -0.25) is 9.59 Å². The standard InChI is InChI=1S/C30H33N3O3S/c1-3-23(2)36-29(35)22-33-27-18-11-10-17-26(27)31-30(33)37-20-12-19-32(25-15-8-5-9-16-25)28(34)21-24-13-6-4-7-14-24/h4-11,13-18,23H,3,12,19-22H2,1-2H3. The minimum Gasteiger partial charge on any atom is -0.461 e. The van der Waals surface area contributed by atoms with E-state index < -0.39 is 0 Å². The van der Waals surface area contributed by atoms with Gasteiger partial charge in [0.25, 0.3) is 0 Å². The first-order chi connectivity index (χ1) is 18.0. The smallest absolute Gasteiger partial charge is 0.326 e. The second-order valence-electron chi connectivity index (χ2n) is 8.92. The summed E-state index contributed by atoms with van der Waals surface area (Å²) in [6, 6.07) is 27.4. The third-order valence-corrected chi connectivity index (χ3v) is 7.20. The van der Waals surface area contributed by atoms with Crippen LogP contribution in [0.2, 0.25) is 0 Å². The Balaban J connectivity index is 1.43. The Morgan fingerprint density at radius 1 is 0.973 bits per heavy atom. The van der Waals surface area contributed by atoms with Crippen LogP contribution in [-0.2, 0) is 27.3 Å². The summed E-state index contributed by atoms with van der Waals surface area (Å²) < 4.78 is 7.45. The van der Waals surface area contributed by atoms with Crippen molar-refractivity contribution >= 4 is 40.4 Å². The minimum atomic E-state index is -0.263. The zero-order valence-electron chi connectivity index (χ0n) is 21.4. The molecule has 7 heteroatoms. The topological polar surface area (TPSA) is 64.4 Å². The first-order valence-corrected chi connectivity index (χ1v) is 13.7. The molecule has 0 aliphatic heterocycles. The number of hydrogen-bond donors (Lipinski definition) is 0. The number of anilines is 1. The van der Waals surface area contributed by atoms with Gasteiger partial charge >= 0.3 is 5.97 Å². The number of thioether (sulfide) groups is 1. The molecule has 0 N–H and O–H groups in total. The van der Waals surface area contributed by atoms with Gasteiger partial charge in [-0.1, -0.05) is 79.3 Å². The Kier molecular flexibility index (Phi) is 9.38. The lowest BCUT2D eigenvalue weighted by Gasteiger charge is -2.23. The third-order valence-electron chi connectivity index (χ3n) is 6.14.